The summed E-state index contributed by atoms with van der Waals surface area (Å²) in [6.07, 6.45) is 0.977. The molecule has 0 aliphatic heterocycles. The largest absolute Gasteiger partial charge is 0.418 e. The summed E-state index contributed by atoms with van der Waals surface area (Å²) >= 11 is 0. The van der Waals surface area contributed by atoms with Crippen LogP contribution in [0.1, 0.15) is 43.2 Å². The molecule has 1 aliphatic carbocycles. The van der Waals surface area contributed by atoms with Gasteiger partial charge in [0.15, 0.2) is 0 Å². The number of benzene rings is 1. The van der Waals surface area contributed by atoms with Gasteiger partial charge in [-0.1, -0.05) is 13.0 Å². The van der Waals surface area contributed by atoms with E-state index in [1.54, 1.807) is 6.07 Å². The molecule has 3 rings (SSSR count). The molecule has 3 atom stereocenters. The first-order valence-corrected chi connectivity index (χ1v) is 7.42. The molecule has 6 heteroatoms. The zero-order valence-electron chi connectivity index (χ0n) is 12.3. The number of rotatable bonds is 1. The number of aromatic nitrogens is 2. The Morgan fingerprint density at radius 3 is 2.36 bits per heavy atom. The van der Waals surface area contributed by atoms with Crippen molar-refractivity contribution in [1.82, 2.24) is 9.97 Å². The molecule has 1 fully saturated rings. The molecule has 2 unspecified atom stereocenters. The van der Waals surface area contributed by atoms with Gasteiger partial charge in [0.05, 0.1) is 11.1 Å². The Bertz CT molecular complexity index is 674. The quantitative estimate of drug-likeness (QED) is 0.869. The Morgan fingerprint density at radius 1 is 1.05 bits per heavy atom. The van der Waals surface area contributed by atoms with Gasteiger partial charge in [-0.2, -0.15) is 13.2 Å². The molecule has 0 radical (unpaired) electrons. The second-order valence-electron chi connectivity index (χ2n) is 6.22. The number of alkyl halides is 3. The summed E-state index contributed by atoms with van der Waals surface area (Å²) in [6, 6.07) is 2.76. The molecule has 0 bridgehead atoms. The highest BCUT2D eigenvalue weighted by Gasteiger charge is 2.35. The van der Waals surface area contributed by atoms with E-state index in [1.165, 1.54) is 12.4 Å². The van der Waals surface area contributed by atoms with Crippen LogP contribution in [0.2, 0.25) is 0 Å². The highest BCUT2D eigenvalue weighted by Crippen LogP contribution is 2.40. The van der Waals surface area contributed by atoms with E-state index >= 15 is 0 Å². The molecular weight excluding hydrogens is 291 g/mol. The molecule has 118 valence electrons. The molecular formula is C16H18F3N3. The molecule has 0 saturated heterocycles. The fourth-order valence-electron chi connectivity index (χ4n) is 3.55. The Balaban J connectivity index is 2.12. The maximum absolute atomic E-state index is 13.1. The summed E-state index contributed by atoms with van der Waals surface area (Å²) in [7, 11) is 0. The standard InChI is InChI=1S/C16H18F3N3/c1-9-6-10(8-11(20)7-9)12-2-3-13(16(17,18)19)15-14(12)21-4-5-22-15/h2-5,9-11H,6-8,20H2,1H3/t9?,10-,11?/m1/s1. The first-order chi connectivity index (χ1) is 10.4. The Morgan fingerprint density at radius 2 is 1.73 bits per heavy atom. The van der Waals surface area contributed by atoms with Crippen LogP contribution in [0.25, 0.3) is 11.0 Å². The van der Waals surface area contributed by atoms with Gasteiger partial charge in [0.25, 0.3) is 0 Å². The third-order valence-corrected chi connectivity index (χ3v) is 4.38. The number of fused-ring (bicyclic) bond motifs is 1. The Hall–Kier alpha value is -1.69. The maximum Gasteiger partial charge on any atom is 0.418 e. The van der Waals surface area contributed by atoms with Gasteiger partial charge in [-0.25, -0.2) is 0 Å². The number of nitrogens with zero attached hydrogens (tertiary/aromatic N) is 2. The van der Waals surface area contributed by atoms with Gasteiger partial charge in [0, 0.05) is 18.4 Å². The van der Waals surface area contributed by atoms with Gasteiger partial charge >= 0.3 is 6.18 Å². The smallest absolute Gasteiger partial charge is 0.328 e. The van der Waals surface area contributed by atoms with Crippen LogP contribution in [0.4, 0.5) is 13.2 Å². The summed E-state index contributed by atoms with van der Waals surface area (Å²) in [5, 5.41) is 0. The SMILES string of the molecule is CC1CC(N)C[C@H](c2ccc(C(F)(F)F)c3nccnc23)C1. The van der Waals surface area contributed by atoms with Gasteiger partial charge in [0.1, 0.15) is 5.52 Å². The number of halogens is 3. The van der Waals surface area contributed by atoms with Crippen LogP contribution in [-0.2, 0) is 6.18 Å². The predicted molar refractivity (Wildman–Crippen MR) is 78.3 cm³/mol. The predicted octanol–water partition coefficient (Wildman–Crippen LogP) is 3.88. The highest BCUT2D eigenvalue weighted by molar-refractivity contribution is 5.82. The van der Waals surface area contributed by atoms with Crippen LogP contribution in [0, 0.1) is 5.92 Å². The maximum atomic E-state index is 13.1. The van der Waals surface area contributed by atoms with Gasteiger partial charge in [0.2, 0.25) is 0 Å². The van der Waals surface area contributed by atoms with Crippen molar-refractivity contribution in [1.29, 1.82) is 0 Å². The number of hydrogen-bond acceptors (Lipinski definition) is 3. The molecule has 3 nitrogen and oxygen atoms in total. The molecule has 2 aromatic rings. The fourth-order valence-corrected chi connectivity index (χ4v) is 3.55. The summed E-state index contributed by atoms with van der Waals surface area (Å²) in [5.74, 6) is 0.600. The average molecular weight is 309 g/mol. The van der Waals surface area contributed by atoms with E-state index in [9.17, 15) is 13.2 Å². The Kier molecular flexibility index (Phi) is 3.80. The van der Waals surface area contributed by atoms with Crippen molar-refractivity contribution in [3.05, 3.63) is 35.7 Å². The van der Waals surface area contributed by atoms with Gasteiger partial charge < -0.3 is 5.73 Å². The van der Waals surface area contributed by atoms with Crippen LogP contribution in [0.3, 0.4) is 0 Å². The molecule has 1 aromatic heterocycles. The molecule has 1 aliphatic rings. The lowest BCUT2D eigenvalue weighted by atomic mass is 9.76. The van der Waals surface area contributed by atoms with Crippen molar-refractivity contribution in [3.63, 3.8) is 0 Å². The van der Waals surface area contributed by atoms with Crippen molar-refractivity contribution >= 4 is 11.0 Å². The summed E-state index contributed by atoms with van der Waals surface area (Å²) < 4.78 is 39.4. The fraction of sp³-hybridized carbons (Fsp3) is 0.500. The minimum absolute atomic E-state index is 0.0701. The number of nitrogens with two attached hydrogens (primary N) is 1. The third-order valence-electron chi connectivity index (χ3n) is 4.38. The lowest BCUT2D eigenvalue weighted by Gasteiger charge is -2.32. The summed E-state index contributed by atoms with van der Waals surface area (Å²) in [6.45, 7) is 2.13. The van der Waals surface area contributed by atoms with E-state index in [1.807, 2.05) is 0 Å². The van der Waals surface area contributed by atoms with Crippen LogP contribution in [0.15, 0.2) is 24.5 Å². The summed E-state index contributed by atoms with van der Waals surface area (Å²) in [4.78, 5) is 8.10. The Labute approximate surface area is 126 Å². The van der Waals surface area contributed by atoms with E-state index in [2.05, 4.69) is 16.9 Å². The molecule has 22 heavy (non-hydrogen) atoms. The minimum atomic E-state index is -4.43. The topological polar surface area (TPSA) is 51.8 Å². The molecule has 1 heterocycles. The normalized spacial score (nSPS) is 26.3. The average Bonchev–Trinajstić information content (AvgIpc) is 2.44. The van der Waals surface area contributed by atoms with Gasteiger partial charge in [-0.15, -0.1) is 0 Å². The van der Waals surface area contributed by atoms with Gasteiger partial charge in [-0.3, -0.25) is 9.97 Å². The summed E-state index contributed by atoms with van der Waals surface area (Å²) in [5.41, 5.74) is 6.46. The molecule has 1 saturated carbocycles. The van der Waals surface area contributed by atoms with E-state index < -0.39 is 11.7 Å². The van der Waals surface area contributed by atoms with E-state index in [0.717, 1.165) is 30.9 Å². The zero-order valence-corrected chi connectivity index (χ0v) is 12.3. The van der Waals surface area contributed by atoms with Gasteiger partial charge in [-0.05, 0) is 42.7 Å². The molecule has 0 spiro atoms. The first kappa shape index (κ1) is 15.2. The lowest BCUT2D eigenvalue weighted by molar-refractivity contribution is -0.136. The van der Waals surface area contributed by atoms with Crippen LogP contribution < -0.4 is 5.73 Å². The van der Waals surface area contributed by atoms with Crippen molar-refractivity contribution in [2.45, 2.75) is 44.3 Å². The number of hydrogen-bond donors (Lipinski definition) is 1. The van der Waals surface area contributed by atoms with E-state index in [0.29, 0.717) is 11.4 Å². The molecule has 1 aromatic carbocycles. The van der Waals surface area contributed by atoms with E-state index in [4.69, 9.17) is 5.73 Å². The van der Waals surface area contributed by atoms with Crippen molar-refractivity contribution < 1.29 is 13.2 Å². The van der Waals surface area contributed by atoms with Crippen LogP contribution in [0.5, 0.6) is 0 Å². The molecule has 2 N–H and O–H groups in total. The van der Waals surface area contributed by atoms with Crippen molar-refractivity contribution in [2.75, 3.05) is 0 Å². The van der Waals surface area contributed by atoms with E-state index in [-0.39, 0.29) is 17.5 Å². The minimum Gasteiger partial charge on any atom is -0.328 e. The monoisotopic (exact) mass is 309 g/mol. The van der Waals surface area contributed by atoms with Crippen LogP contribution >= 0.6 is 0 Å². The van der Waals surface area contributed by atoms with Crippen molar-refractivity contribution in [2.24, 2.45) is 11.7 Å². The zero-order chi connectivity index (χ0) is 15.9. The first-order valence-electron chi connectivity index (χ1n) is 7.42. The second kappa shape index (κ2) is 5.50. The lowest BCUT2D eigenvalue weighted by Crippen LogP contribution is -2.31. The van der Waals surface area contributed by atoms with Crippen molar-refractivity contribution in [3.8, 4) is 0 Å². The second-order valence-corrected chi connectivity index (χ2v) is 6.22. The van der Waals surface area contributed by atoms with Crippen LogP contribution in [-0.4, -0.2) is 16.0 Å². The third kappa shape index (κ3) is 2.79. The highest BCUT2D eigenvalue weighted by atomic mass is 19.4. The molecule has 0 amide bonds.